The third-order valence-corrected chi connectivity index (χ3v) is 10.2. The molecule has 11 heteroatoms. The Labute approximate surface area is 230 Å². The van der Waals surface area contributed by atoms with E-state index >= 15 is 0 Å². The zero-order valence-electron chi connectivity index (χ0n) is 22.3. The number of nitrogens with zero attached hydrogens (tertiary/aromatic N) is 2. The van der Waals surface area contributed by atoms with Crippen molar-refractivity contribution < 1.29 is 26.0 Å². The molecule has 3 aromatic rings. The molecule has 0 spiro atoms. The molecular formula is C28H34FN3O5S2. The highest BCUT2D eigenvalue weighted by atomic mass is 32.2. The van der Waals surface area contributed by atoms with Crippen LogP contribution in [0.2, 0.25) is 0 Å². The molecule has 210 valence electrons. The van der Waals surface area contributed by atoms with Gasteiger partial charge in [-0.1, -0.05) is 38.1 Å². The quantitative estimate of drug-likeness (QED) is 0.393. The molecule has 1 saturated heterocycles. The normalized spacial score (nSPS) is 15.1. The van der Waals surface area contributed by atoms with Gasteiger partial charge in [0.2, 0.25) is 20.0 Å². The first-order chi connectivity index (χ1) is 18.5. The maximum absolute atomic E-state index is 13.2. The van der Waals surface area contributed by atoms with Crippen LogP contribution in [0.1, 0.15) is 30.9 Å². The average molecular weight is 576 g/mol. The highest BCUT2D eigenvalue weighted by molar-refractivity contribution is 7.89. The number of ether oxygens (including phenoxy) is 1. The molecule has 1 heterocycles. The summed E-state index contributed by atoms with van der Waals surface area (Å²) in [5, 5.41) is 0. The molecule has 0 bridgehead atoms. The van der Waals surface area contributed by atoms with Crippen molar-refractivity contribution in [1.82, 2.24) is 9.03 Å². The molecule has 0 unspecified atom stereocenters. The standard InChI is InChI=1S/C28H34FN3O5S2/c1-21(2)23-6-10-25(11-7-23)39(35,36)32-18-16-31(17-19-32)27-20-26(12-13-28(27)37-3)38(33,34)30-15-14-22-4-8-24(29)9-5-22/h4-13,20-21,30H,14-19H2,1-3H3. The Hall–Kier alpha value is -2.99. The highest BCUT2D eigenvalue weighted by Gasteiger charge is 2.30. The minimum absolute atomic E-state index is 0.0812. The minimum atomic E-state index is -3.82. The lowest BCUT2D eigenvalue weighted by atomic mass is 10.0. The van der Waals surface area contributed by atoms with Crippen molar-refractivity contribution in [1.29, 1.82) is 0 Å². The van der Waals surface area contributed by atoms with Crippen molar-refractivity contribution in [3.05, 3.63) is 83.7 Å². The number of hydrogen-bond donors (Lipinski definition) is 1. The summed E-state index contributed by atoms with van der Waals surface area (Å²) in [6.07, 6.45) is 0.416. The lowest BCUT2D eigenvalue weighted by Gasteiger charge is -2.36. The average Bonchev–Trinajstić information content (AvgIpc) is 2.93. The predicted molar refractivity (Wildman–Crippen MR) is 150 cm³/mol. The lowest BCUT2D eigenvalue weighted by molar-refractivity contribution is 0.378. The van der Waals surface area contributed by atoms with Crippen molar-refractivity contribution in [2.45, 2.75) is 36.0 Å². The summed E-state index contributed by atoms with van der Waals surface area (Å²) in [5.74, 6) is 0.467. The fourth-order valence-electron chi connectivity index (χ4n) is 4.49. The van der Waals surface area contributed by atoms with Crippen LogP contribution in [-0.4, -0.2) is 61.0 Å². The summed E-state index contributed by atoms with van der Waals surface area (Å²) in [5.41, 5.74) is 2.47. The molecule has 1 N–H and O–H groups in total. The summed E-state index contributed by atoms with van der Waals surface area (Å²) in [6.45, 7) is 5.53. The van der Waals surface area contributed by atoms with Gasteiger partial charge in [0, 0.05) is 32.7 Å². The molecule has 0 radical (unpaired) electrons. The predicted octanol–water partition coefficient (Wildman–Crippen LogP) is 3.99. The van der Waals surface area contributed by atoms with E-state index in [-0.39, 0.29) is 35.2 Å². The Balaban J connectivity index is 1.44. The number of piperazine rings is 1. The van der Waals surface area contributed by atoms with E-state index in [4.69, 9.17) is 4.74 Å². The van der Waals surface area contributed by atoms with E-state index in [1.807, 2.05) is 17.0 Å². The van der Waals surface area contributed by atoms with Crippen molar-refractivity contribution >= 4 is 25.7 Å². The van der Waals surface area contributed by atoms with Crippen molar-refractivity contribution in [3.63, 3.8) is 0 Å². The van der Waals surface area contributed by atoms with Gasteiger partial charge in [-0.05, 0) is 65.9 Å². The molecule has 0 amide bonds. The second kappa shape index (κ2) is 12.0. The molecule has 39 heavy (non-hydrogen) atoms. The maximum atomic E-state index is 13.2. The number of hydrogen-bond acceptors (Lipinski definition) is 6. The van der Waals surface area contributed by atoms with E-state index in [0.29, 0.717) is 36.9 Å². The van der Waals surface area contributed by atoms with Crippen LogP contribution in [-0.2, 0) is 26.5 Å². The third kappa shape index (κ3) is 6.78. The Kier molecular flexibility index (Phi) is 8.95. The van der Waals surface area contributed by atoms with E-state index < -0.39 is 20.0 Å². The van der Waals surface area contributed by atoms with Crippen LogP contribution in [0.15, 0.2) is 76.5 Å². The first kappa shape index (κ1) is 29.0. The molecule has 0 atom stereocenters. The van der Waals surface area contributed by atoms with Crippen LogP contribution in [0.3, 0.4) is 0 Å². The molecule has 1 fully saturated rings. The van der Waals surface area contributed by atoms with Gasteiger partial charge in [0.15, 0.2) is 0 Å². The van der Waals surface area contributed by atoms with Gasteiger partial charge in [-0.3, -0.25) is 0 Å². The van der Waals surface area contributed by atoms with E-state index in [2.05, 4.69) is 18.6 Å². The zero-order valence-corrected chi connectivity index (χ0v) is 23.9. The zero-order chi connectivity index (χ0) is 28.2. The number of halogens is 1. The summed E-state index contributed by atoms with van der Waals surface area (Å²) < 4.78 is 75.1. The lowest BCUT2D eigenvalue weighted by Crippen LogP contribution is -2.48. The van der Waals surface area contributed by atoms with Gasteiger partial charge in [-0.15, -0.1) is 0 Å². The molecule has 1 aliphatic rings. The molecule has 0 saturated carbocycles. The van der Waals surface area contributed by atoms with Crippen molar-refractivity contribution in [2.24, 2.45) is 0 Å². The SMILES string of the molecule is COc1ccc(S(=O)(=O)NCCc2ccc(F)cc2)cc1N1CCN(S(=O)(=O)c2ccc(C(C)C)cc2)CC1. The number of rotatable bonds is 10. The second-order valence-corrected chi connectivity index (χ2v) is 13.4. The summed E-state index contributed by atoms with van der Waals surface area (Å²) in [6, 6.07) is 17.5. The van der Waals surface area contributed by atoms with Gasteiger partial charge in [-0.2, -0.15) is 4.31 Å². The van der Waals surface area contributed by atoms with Crippen LogP contribution in [0.25, 0.3) is 0 Å². The van der Waals surface area contributed by atoms with Gasteiger partial charge >= 0.3 is 0 Å². The topological polar surface area (TPSA) is 96.0 Å². The molecule has 0 aliphatic carbocycles. The van der Waals surface area contributed by atoms with E-state index in [9.17, 15) is 21.2 Å². The van der Waals surface area contributed by atoms with E-state index in [1.165, 1.54) is 29.6 Å². The Morgan fingerprint density at radius 1 is 0.872 bits per heavy atom. The van der Waals surface area contributed by atoms with E-state index in [1.54, 1.807) is 36.4 Å². The highest BCUT2D eigenvalue weighted by Crippen LogP contribution is 2.32. The van der Waals surface area contributed by atoms with Crippen LogP contribution >= 0.6 is 0 Å². The van der Waals surface area contributed by atoms with Crippen molar-refractivity contribution in [3.8, 4) is 5.75 Å². The largest absolute Gasteiger partial charge is 0.495 e. The monoisotopic (exact) mass is 575 g/mol. The number of nitrogens with one attached hydrogen (secondary N) is 1. The number of anilines is 1. The molecule has 8 nitrogen and oxygen atoms in total. The molecule has 4 rings (SSSR count). The molecule has 1 aliphatic heterocycles. The van der Waals surface area contributed by atoms with Gasteiger partial charge in [0.25, 0.3) is 0 Å². The molecule has 0 aromatic heterocycles. The van der Waals surface area contributed by atoms with Crippen molar-refractivity contribution in [2.75, 3.05) is 44.7 Å². The van der Waals surface area contributed by atoms with E-state index in [0.717, 1.165) is 11.1 Å². The summed E-state index contributed by atoms with van der Waals surface area (Å²) in [4.78, 5) is 2.28. The Bertz CT molecular complexity index is 1490. The Morgan fingerprint density at radius 3 is 2.08 bits per heavy atom. The first-order valence-electron chi connectivity index (χ1n) is 12.8. The second-order valence-electron chi connectivity index (χ2n) is 9.72. The summed E-state index contributed by atoms with van der Waals surface area (Å²) >= 11 is 0. The maximum Gasteiger partial charge on any atom is 0.243 e. The fraction of sp³-hybridized carbons (Fsp3) is 0.357. The molecule has 3 aromatic carbocycles. The van der Waals surface area contributed by atoms with Gasteiger partial charge in [0.05, 0.1) is 22.6 Å². The smallest absolute Gasteiger partial charge is 0.243 e. The summed E-state index contributed by atoms with van der Waals surface area (Å²) in [7, 11) is -5.95. The van der Waals surface area contributed by atoms with Crippen LogP contribution in [0.4, 0.5) is 10.1 Å². The molecular weight excluding hydrogens is 541 g/mol. The van der Waals surface area contributed by atoms with Crippen LogP contribution < -0.4 is 14.4 Å². The van der Waals surface area contributed by atoms with Gasteiger partial charge < -0.3 is 9.64 Å². The minimum Gasteiger partial charge on any atom is -0.495 e. The number of sulfonamides is 2. The number of methoxy groups -OCH3 is 1. The van der Waals surface area contributed by atoms with Gasteiger partial charge in [-0.25, -0.2) is 25.9 Å². The fourth-order valence-corrected chi connectivity index (χ4v) is 6.96. The Morgan fingerprint density at radius 2 is 1.49 bits per heavy atom. The number of benzene rings is 3. The first-order valence-corrected chi connectivity index (χ1v) is 15.7. The van der Waals surface area contributed by atoms with Crippen LogP contribution in [0.5, 0.6) is 5.75 Å². The third-order valence-electron chi connectivity index (χ3n) is 6.84. The van der Waals surface area contributed by atoms with Crippen LogP contribution in [0, 0.1) is 5.82 Å². The van der Waals surface area contributed by atoms with Gasteiger partial charge in [0.1, 0.15) is 11.6 Å².